The number of benzene rings is 1. The van der Waals surface area contributed by atoms with Gasteiger partial charge in [0.2, 0.25) is 5.75 Å². The van der Waals surface area contributed by atoms with Crippen molar-refractivity contribution in [1.82, 2.24) is 4.90 Å². The molecule has 0 saturated carbocycles. The van der Waals surface area contributed by atoms with Gasteiger partial charge in [-0.2, -0.15) is 0 Å². The number of carboxylic acids is 1. The number of amides is 1. The second-order valence-corrected chi connectivity index (χ2v) is 7.13. The summed E-state index contributed by atoms with van der Waals surface area (Å²) in [5, 5.41) is 9.06. The highest BCUT2D eigenvalue weighted by Crippen LogP contribution is 2.43. The maximum Gasteiger partial charge on any atom is 0.345 e. The zero-order valence-corrected chi connectivity index (χ0v) is 16.2. The van der Waals surface area contributed by atoms with Crippen molar-refractivity contribution in [1.29, 1.82) is 0 Å². The molecule has 0 spiro atoms. The Morgan fingerprint density at radius 2 is 1.67 bits per heavy atom. The molecule has 0 fully saturated rings. The maximum atomic E-state index is 12.8. The second-order valence-electron chi connectivity index (χ2n) is 6.04. The summed E-state index contributed by atoms with van der Waals surface area (Å²) in [6.07, 6.45) is 1.26. The average Bonchev–Trinajstić information content (AvgIpc) is 3.08. The van der Waals surface area contributed by atoms with Crippen LogP contribution in [0.15, 0.2) is 18.2 Å². The normalized spacial score (nSPS) is 13.5. The van der Waals surface area contributed by atoms with Crippen LogP contribution in [0, 0.1) is 0 Å². The van der Waals surface area contributed by atoms with Gasteiger partial charge < -0.3 is 24.2 Å². The summed E-state index contributed by atoms with van der Waals surface area (Å²) in [5.74, 6) is 0.593. The number of ether oxygens (including phenoxy) is 3. The summed E-state index contributed by atoms with van der Waals surface area (Å²) in [4.78, 5) is 26.2. The zero-order valence-electron chi connectivity index (χ0n) is 15.4. The van der Waals surface area contributed by atoms with Crippen LogP contribution in [0.2, 0.25) is 0 Å². The van der Waals surface area contributed by atoms with Crippen LogP contribution >= 0.6 is 11.3 Å². The third-order valence-corrected chi connectivity index (χ3v) is 5.68. The van der Waals surface area contributed by atoms with Gasteiger partial charge in [-0.05, 0) is 36.6 Å². The number of thiophene rings is 1. The predicted octanol–water partition coefficient (Wildman–Crippen LogP) is 2.71. The highest BCUT2D eigenvalue weighted by Gasteiger charge is 2.26. The summed E-state index contributed by atoms with van der Waals surface area (Å²) in [7, 11) is 4.73. The fourth-order valence-electron chi connectivity index (χ4n) is 3.30. The first-order valence-corrected chi connectivity index (χ1v) is 9.24. The second kappa shape index (κ2) is 7.87. The van der Waals surface area contributed by atoms with Gasteiger partial charge in [0.25, 0.3) is 5.91 Å². The third-order valence-electron chi connectivity index (χ3n) is 4.62. The number of carboxylic acid groups (broad SMARTS) is 1. The van der Waals surface area contributed by atoms with E-state index >= 15 is 0 Å². The van der Waals surface area contributed by atoms with Gasteiger partial charge in [-0.3, -0.25) is 4.79 Å². The fourth-order valence-corrected chi connectivity index (χ4v) is 4.12. The fraction of sp³-hybridized carbons (Fsp3) is 0.368. The van der Waals surface area contributed by atoms with Crippen LogP contribution < -0.4 is 14.2 Å². The largest absolute Gasteiger partial charge is 0.493 e. The van der Waals surface area contributed by atoms with Gasteiger partial charge in [0, 0.05) is 18.7 Å². The zero-order chi connectivity index (χ0) is 19.6. The monoisotopic (exact) mass is 391 g/mol. The minimum absolute atomic E-state index is 0.154. The summed E-state index contributed by atoms with van der Waals surface area (Å²) >= 11 is 0.998. The molecule has 1 aromatic heterocycles. The molecule has 1 aliphatic heterocycles. The van der Waals surface area contributed by atoms with Crippen molar-refractivity contribution in [2.75, 3.05) is 34.4 Å². The van der Waals surface area contributed by atoms with Gasteiger partial charge in [-0.25, -0.2) is 4.79 Å². The molecule has 0 saturated heterocycles. The molecule has 0 bridgehead atoms. The number of aromatic carboxylic acids is 1. The number of carbonyl (C=O) groups excluding carboxylic acids is 1. The van der Waals surface area contributed by atoms with Crippen molar-refractivity contribution >= 4 is 23.2 Å². The van der Waals surface area contributed by atoms with E-state index in [0.29, 0.717) is 48.1 Å². The van der Waals surface area contributed by atoms with Crippen molar-refractivity contribution in [2.45, 2.75) is 12.8 Å². The van der Waals surface area contributed by atoms with Gasteiger partial charge in [-0.15, -0.1) is 11.3 Å². The summed E-state index contributed by atoms with van der Waals surface area (Å²) in [5.41, 5.74) is 2.06. The molecule has 0 aliphatic carbocycles. The highest BCUT2D eigenvalue weighted by atomic mass is 32.1. The van der Waals surface area contributed by atoms with Crippen molar-refractivity contribution in [3.63, 3.8) is 0 Å². The number of methoxy groups -OCH3 is 3. The molecule has 0 unspecified atom stereocenters. The van der Waals surface area contributed by atoms with Crippen molar-refractivity contribution in [3.8, 4) is 17.2 Å². The van der Waals surface area contributed by atoms with E-state index in [1.54, 1.807) is 32.3 Å². The van der Waals surface area contributed by atoms with E-state index in [0.717, 1.165) is 22.5 Å². The van der Waals surface area contributed by atoms with Gasteiger partial charge >= 0.3 is 5.97 Å². The molecule has 27 heavy (non-hydrogen) atoms. The SMILES string of the molecule is COc1cc2c(c(OC)c1OC)CCN(C(=O)c1ccc(C(=O)O)s1)CC2. The van der Waals surface area contributed by atoms with Crippen LogP contribution in [0.5, 0.6) is 17.2 Å². The molecule has 0 atom stereocenters. The molecular formula is C19H21NO6S. The molecule has 144 valence electrons. The van der Waals surface area contributed by atoms with Crippen LogP contribution in [-0.2, 0) is 12.8 Å². The Kier molecular flexibility index (Phi) is 5.55. The quantitative estimate of drug-likeness (QED) is 0.844. The first-order chi connectivity index (χ1) is 13.0. The van der Waals surface area contributed by atoms with E-state index in [1.807, 2.05) is 6.07 Å². The van der Waals surface area contributed by atoms with E-state index in [2.05, 4.69) is 0 Å². The lowest BCUT2D eigenvalue weighted by molar-refractivity contribution is 0.0701. The van der Waals surface area contributed by atoms with E-state index < -0.39 is 5.97 Å². The van der Waals surface area contributed by atoms with E-state index in [-0.39, 0.29) is 10.8 Å². The first-order valence-electron chi connectivity index (χ1n) is 8.43. The van der Waals surface area contributed by atoms with Gasteiger partial charge in [0.15, 0.2) is 11.5 Å². The maximum absolute atomic E-state index is 12.8. The number of nitrogens with zero attached hydrogens (tertiary/aromatic N) is 1. The van der Waals surface area contributed by atoms with Crippen LogP contribution in [-0.4, -0.2) is 56.3 Å². The van der Waals surface area contributed by atoms with Crippen molar-refractivity contribution < 1.29 is 28.9 Å². The summed E-state index contributed by atoms with van der Waals surface area (Å²) in [6, 6.07) is 4.96. The lowest BCUT2D eigenvalue weighted by Gasteiger charge is -2.19. The van der Waals surface area contributed by atoms with Gasteiger partial charge in [0.05, 0.1) is 26.2 Å². The number of carbonyl (C=O) groups is 2. The lowest BCUT2D eigenvalue weighted by atomic mass is 10.0. The molecule has 8 heteroatoms. The number of hydrogen-bond acceptors (Lipinski definition) is 6. The van der Waals surface area contributed by atoms with Crippen molar-refractivity contribution in [2.24, 2.45) is 0 Å². The van der Waals surface area contributed by atoms with E-state index in [4.69, 9.17) is 19.3 Å². The van der Waals surface area contributed by atoms with Crippen LogP contribution in [0.4, 0.5) is 0 Å². The summed E-state index contributed by atoms with van der Waals surface area (Å²) < 4.78 is 16.4. The molecule has 1 amide bonds. The lowest BCUT2D eigenvalue weighted by Crippen LogP contribution is -2.32. The Balaban J connectivity index is 1.87. The molecule has 7 nitrogen and oxygen atoms in total. The predicted molar refractivity (Wildman–Crippen MR) is 101 cm³/mol. The number of fused-ring (bicyclic) bond motifs is 1. The Morgan fingerprint density at radius 1 is 1.00 bits per heavy atom. The minimum atomic E-state index is -1.02. The standard InChI is InChI=1S/C19H21NO6S/c1-24-13-10-11-6-8-20(9-7-12(11)16(25-2)17(13)26-3)18(21)14-4-5-15(27-14)19(22)23/h4-5,10H,6-9H2,1-3H3,(H,22,23). The number of rotatable bonds is 5. The Hall–Kier alpha value is -2.74. The Morgan fingerprint density at radius 3 is 2.26 bits per heavy atom. The Bertz CT molecular complexity index is 875. The molecule has 0 radical (unpaired) electrons. The van der Waals surface area contributed by atoms with Crippen molar-refractivity contribution in [3.05, 3.63) is 39.1 Å². The highest BCUT2D eigenvalue weighted by molar-refractivity contribution is 7.15. The molecule has 2 heterocycles. The van der Waals surface area contributed by atoms with E-state index in [9.17, 15) is 9.59 Å². The molecule has 3 rings (SSSR count). The Labute approximate surface area is 161 Å². The molecule has 1 aliphatic rings. The average molecular weight is 391 g/mol. The van der Waals surface area contributed by atoms with Crippen LogP contribution in [0.25, 0.3) is 0 Å². The topological polar surface area (TPSA) is 85.3 Å². The molecule has 2 aromatic rings. The molecule has 1 N–H and O–H groups in total. The van der Waals surface area contributed by atoms with Crippen LogP contribution in [0.1, 0.15) is 30.5 Å². The van der Waals surface area contributed by atoms with Crippen LogP contribution in [0.3, 0.4) is 0 Å². The smallest absolute Gasteiger partial charge is 0.345 e. The van der Waals surface area contributed by atoms with Gasteiger partial charge in [0.1, 0.15) is 4.88 Å². The first kappa shape index (κ1) is 19.0. The minimum Gasteiger partial charge on any atom is -0.493 e. The number of hydrogen-bond donors (Lipinski definition) is 1. The third kappa shape index (κ3) is 3.57. The molecule has 1 aromatic carbocycles. The van der Waals surface area contributed by atoms with Gasteiger partial charge in [-0.1, -0.05) is 0 Å². The summed E-state index contributed by atoms with van der Waals surface area (Å²) in [6.45, 7) is 1.04. The van der Waals surface area contributed by atoms with E-state index in [1.165, 1.54) is 6.07 Å². The molecular weight excluding hydrogens is 370 g/mol.